The lowest BCUT2D eigenvalue weighted by Crippen LogP contribution is -2.51. The van der Waals surface area contributed by atoms with Gasteiger partial charge in [-0.25, -0.2) is 0 Å². The molecule has 4 heteroatoms. The van der Waals surface area contributed by atoms with Crippen LogP contribution in [0.25, 0.3) is 0 Å². The Labute approximate surface area is 98.8 Å². The van der Waals surface area contributed by atoms with Crippen molar-refractivity contribution in [2.24, 2.45) is 17.6 Å². The lowest BCUT2D eigenvalue weighted by Gasteiger charge is -2.36. The van der Waals surface area contributed by atoms with Gasteiger partial charge in [0, 0.05) is 32.7 Å². The molecule has 4 nitrogen and oxygen atoms in total. The van der Waals surface area contributed by atoms with Crippen LogP contribution in [0.2, 0.25) is 0 Å². The topological polar surface area (TPSA) is 49.6 Å². The molecule has 1 rings (SSSR count). The first-order valence-electron chi connectivity index (χ1n) is 6.31. The Balaban J connectivity index is 2.49. The zero-order valence-electron chi connectivity index (χ0n) is 10.8. The summed E-state index contributed by atoms with van der Waals surface area (Å²) in [5.41, 5.74) is 5.68. The van der Waals surface area contributed by atoms with E-state index < -0.39 is 0 Å². The standard InChI is InChI=1S/C12H25N3O/c1-4-14-5-7-15(8-6-14)12(16)11(9-13)10(2)3/h10-11H,4-9,13H2,1-3H3. The normalized spacial score (nSPS) is 20.2. The van der Waals surface area contributed by atoms with E-state index in [2.05, 4.69) is 25.7 Å². The van der Waals surface area contributed by atoms with E-state index in [1.165, 1.54) is 0 Å². The largest absolute Gasteiger partial charge is 0.340 e. The lowest BCUT2D eigenvalue weighted by molar-refractivity contribution is -0.138. The second-order valence-corrected chi connectivity index (χ2v) is 4.85. The number of nitrogens with zero attached hydrogens (tertiary/aromatic N) is 2. The van der Waals surface area contributed by atoms with Crippen molar-refractivity contribution in [1.29, 1.82) is 0 Å². The molecule has 1 aliphatic heterocycles. The smallest absolute Gasteiger partial charge is 0.227 e. The number of hydrogen-bond acceptors (Lipinski definition) is 3. The molecule has 1 atom stereocenters. The molecule has 2 N–H and O–H groups in total. The van der Waals surface area contributed by atoms with Gasteiger partial charge in [-0.2, -0.15) is 0 Å². The van der Waals surface area contributed by atoms with E-state index in [1.54, 1.807) is 0 Å². The van der Waals surface area contributed by atoms with Gasteiger partial charge in [-0.15, -0.1) is 0 Å². The SMILES string of the molecule is CCN1CCN(C(=O)C(CN)C(C)C)CC1. The average Bonchev–Trinajstić information content (AvgIpc) is 2.29. The number of carbonyl (C=O) groups is 1. The molecule has 0 saturated carbocycles. The second-order valence-electron chi connectivity index (χ2n) is 4.85. The van der Waals surface area contributed by atoms with Crippen LogP contribution in [0.1, 0.15) is 20.8 Å². The molecule has 0 radical (unpaired) electrons. The predicted molar refractivity (Wildman–Crippen MR) is 66.1 cm³/mol. The van der Waals surface area contributed by atoms with Crippen LogP contribution in [0, 0.1) is 11.8 Å². The van der Waals surface area contributed by atoms with Gasteiger partial charge >= 0.3 is 0 Å². The number of hydrogen-bond donors (Lipinski definition) is 1. The fraction of sp³-hybridized carbons (Fsp3) is 0.917. The van der Waals surface area contributed by atoms with Gasteiger partial charge in [0.1, 0.15) is 0 Å². The van der Waals surface area contributed by atoms with Crippen LogP contribution in [0.15, 0.2) is 0 Å². The van der Waals surface area contributed by atoms with Crippen LogP contribution < -0.4 is 5.73 Å². The van der Waals surface area contributed by atoms with Crippen molar-refractivity contribution in [3.63, 3.8) is 0 Å². The summed E-state index contributed by atoms with van der Waals surface area (Å²) in [5, 5.41) is 0. The fourth-order valence-electron chi connectivity index (χ4n) is 2.18. The average molecular weight is 227 g/mol. The third kappa shape index (κ3) is 3.19. The molecule has 1 unspecified atom stereocenters. The third-order valence-corrected chi connectivity index (χ3v) is 3.51. The Bertz CT molecular complexity index is 222. The Morgan fingerprint density at radius 3 is 2.19 bits per heavy atom. The van der Waals surface area contributed by atoms with E-state index in [4.69, 9.17) is 5.73 Å². The first kappa shape index (κ1) is 13.5. The number of likely N-dealkylation sites (N-methyl/N-ethyl adjacent to an activating group) is 1. The predicted octanol–water partition coefficient (Wildman–Crippen LogP) is 0.381. The van der Waals surface area contributed by atoms with Gasteiger partial charge in [-0.05, 0) is 12.5 Å². The van der Waals surface area contributed by atoms with Crippen LogP contribution in [-0.2, 0) is 4.79 Å². The van der Waals surface area contributed by atoms with Crippen molar-refractivity contribution >= 4 is 5.91 Å². The van der Waals surface area contributed by atoms with E-state index in [0.717, 1.165) is 32.7 Å². The van der Waals surface area contributed by atoms with Crippen molar-refractivity contribution < 1.29 is 4.79 Å². The molecular weight excluding hydrogens is 202 g/mol. The molecule has 94 valence electrons. The highest BCUT2D eigenvalue weighted by molar-refractivity contribution is 5.79. The monoisotopic (exact) mass is 227 g/mol. The van der Waals surface area contributed by atoms with Crippen LogP contribution in [0.4, 0.5) is 0 Å². The number of amides is 1. The minimum absolute atomic E-state index is 0.00632. The molecule has 1 fully saturated rings. The van der Waals surface area contributed by atoms with Gasteiger partial charge < -0.3 is 15.5 Å². The Morgan fingerprint density at radius 1 is 1.25 bits per heavy atom. The van der Waals surface area contributed by atoms with Crippen LogP contribution in [0.3, 0.4) is 0 Å². The van der Waals surface area contributed by atoms with E-state index in [1.807, 2.05) is 4.90 Å². The second kappa shape index (κ2) is 6.21. The minimum atomic E-state index is -0.00632. The summed E-state index contributed by atoms with van der Waals surface area (Å²) in [4.78, 5) is 16.5. The van der Waals surface area contributed by atoms with E-state index in [9.17, 15) is 4.79 Å². The van der Waals surface area contributed by atoms with Crippen LogP contribution in [-0.4, -0.2) is 55.0 Å². The van der Waals surface area contributed by atoms with Crippen LogP contribution in [0.5, 0.6) is 0 Å². The molecular formula is C12H25N3O. The van der Waals surface area contributed by atoms with E-state index in [0.29, 0.717) is 12.5 Å². The Kier molecular flexibility index (Phi) is 5.22. The Hall–Kier alpha value is -0.610. The number of nitrogens with two attached hydrogens (primary N) is 1. The van der Waals surface area contributed by atoms with Gasteiger partial charge in [0.25, 0.3) is 0 Å². The van der Waals surface area contributed by atoms with Gasteiger partial charge in [-0.1, -0.05) is 20.8 Å². The Morgan fingerprint density at radius 2 is 1.81 bits per heavy atom. The molecule has 0 aromatic carbocycles. The maximum atomic E-state index is 12.2. The van der Waals surface area contributed by atoms with Crippen molar-refractivity contribution in [3.8, 4) is 0 Å². The first-order valence-corrected chi connectivity index (χ1v) is 6.31. The van der Waals surface area contributed by atoms with Crippen molar-refractivity contribution in [2.45, 2.75) is 20.8 Å². The summed E-state index contributed by atoms with van der Waals surface area (Å²) in [6.07, 6.45) is 0. The summed E-state index contributed by atoms with van der Waals surface area (Å²) in [6.45, 7) is 11.5. The first-order chi connectivity index (χ1) is 7.60. The maximum Gasteiger partial charge on any atom is 0.227 e. The summed E-state index contributed by atoms with van der Waals surface area (Å²) in [7, 11) is 0. The molecule has 16 heavy (non-hydrogen) atoms. The molecule has 0 aromatic rings. The summed E-state index contributed by atoms with van der Waals surface area (Å²) in [5.74, 6) is 0.572. The third-order valence-electron chi connectivity index (χ3n) is 3.51. The van der Waals surface area contributed by atoms with Crippen molar-refractivity contribution in [3.05, 3.63) is 0 Å². The fourth-order valence-corrected chi connectivity index (χ4v) is 2.18. The molecule has 0 bridgehead atoms. The zero-order valence-corrected chi connectivity index (χ0v) is 10.8. The molecule has 0 spiro atoms. The quantitative estimate of drug-likeness (QED) is 0.755. The maximum absolute atomic E-state index is 12.2. The van der Waals surface area contributed by atoms with Gasteiger partial charge in [-0.3, -0.25) is 4.79 Å². The van der Waals surface area contributed by atoms with E-state index in [-0.39, 0.29) is 11.8 Å². The van der Waals surface area contributed by atoms with Crippen LogP contribution >= 0.6 is 0 Å². The summed E-state index contributed by atoms with van der Waals surface area (Å²) >= 11 is 0. The molecule has 1 amide bonds. The molecule has 0 aromatic heterocycles. The highest BCUT2D eigenvalue weighted by Gasteiger charge is 2.27. The lowest BCUT2D eigenvalue weighted by atomic mass is 9.94. The van der Waals surface area contributed by atoms with E-state index >= 15 is 0 Å². The number of carbonyl (C=O) groups excluding carboxylic acids is 1. The molecule has 0 aliphatic carbocycles. The van der Waals surface area contributed by atoms with Crippen molar-refractivity contribution in [1.82, 2.24) is 9.80 Å². The molecule has 1 heterocycles. The molecule has 1 saturated heterocycles. The van der Waals surface area contributed by atoms with Gasteiger partial charge in [0.2, 0.25) is 5.91 Å². The highest BCUT2D eigenvalue weighted by Crippen LogP contribution is 2.14. The van der Waals surface area contributed by atoms with Gasteiger partial charge in [0.05, 0.1) is 5.92 Å². The minimum Gasteiger partial charge on any atom is -0.340 e. The highest BCUT2D eigenvalue weighted by atomic mass is 16.2. The van der Waals surface area contributed by atoms with Gasteiger partial charge in [0.15, 0.2) is 0 Å². The summed E-state index contributed by atoms with van der Waals surface area (Å²) < 4.78 is 0. The number of piperazine rings is 1. The van der Waals surface area contributed by atoms with Crippen molar-refractivity contribution in [2.75, 3.05) is 39.3 Å². The summed E-state index contributed by atoms with van der Waals surface area (Å²) in [6, 6.07) is 0. The zero-order chi connectivity index (χ0) is 12.1. The molecule has 1 aliphatic rings. The number of rotatable bonds is 4.